The predicted octanol–water partition coefficient (Wildman–Crippen LogP) is 6.57. The quantitative estimate of drug-likeness (QED) is 0.145. The van der Waals surface area contributed by atoms with E-state index >= 15 is 0 Å². The lowest BCUT2D eigenvalue weighted by molar-refractivity contribution is -0.101. The van der Waals surface area contributed by atoms with Crippen molar-refractivity contribution in [3.8, 4) is 0 Å². The van der Waals surface area contributed by atoms with Gasteiger partial charge in [-0.05, 0) is 70.2 Å². The lowest BCUT2D eigenvalue weighted by Gasteiger charge is -2.55. The fraction of sp³-hybridized carbons (Fsp3) is 0.600. The number of aliphatic hydroxyl groups is 1. The molecule has 0 bridgehead atoms. The van der Waals surface area contributed by atoms with Crippen LogP contribution in [0.4, 0.5) is 0 Å². The highest BCUT2D eigenvalue weighted by Gasteiger charge is 2.60. The summed E-state index contributed by atoms with van der Waals surface area (Å²) in [6, 6.07) is 21.8. The zero-order valence-electron chi connectivity index (χ0n) is 26.1. The van der Waals surface area contributed by atoms with Crippen molar-refractivity contribution in [2.45, 2.75) is 78.9 Å². The van der Waals surface area contributed by atoms with Crippen LogP contribution in [0.3, 0.4) is 0 Å². The van der Waals surface area contributed by atoms with E-state index < -0.39 is 8.32 Å². The van der Waals surface area contributed by atoms with Crippen LogP contribution >= 0.6 is 0 Å². The highest BCUT2D eigenvalue weighted by atomic mass is 28.4. The average molecular weight is 565 g/mol. The maximum Gasteiger partial charge on any atom is 0.261 e. The Morgan fingerprint density at radius 1 is 0.975 bits per heavy atom. The van der Waals surface area contributed by atoms with E-state index in [0.29, 0.717) is 25.9 Å². The van der Waals surface area contributed by atoms with Gasteiger partial charge in [0.05, 0.1) is 6.10 Å². The van der Waals surface area contributed by atoms with Gasteiger partial charge in [0, 0.05) is 20.3 Å². The van der Waals surface area contributed by atoms with E-state index in [1.165, 1.54) is 15.9 Å². The number of aliphatic hydroxyl groups excluding tert-OH is 1. The minimum atomic E-state index is -2.71. The first-order valence-electron chi connectivity index (χ1n) is 15.1. The van der Waals surface area contributed by atoms with Crippen molar-refractivity contribution in [1.82, 2.24) is 0 Å². The molecule has 1 fully saturated rings. The van der Waals surface area contributed by atoms with E-state index in [2.05, 4.69) is 115 Å². The van der Waals surface area contributed by atoms with E-state index in [1.54, 1.807) is 7.11 Å². The normalized spacial score (nSPS) is 28.3. The average Bonchev–Trinajstić information content (AvgIpc) is 3.11. The summed E-state index contributed by atoms with van der Waals surface area (Å²) < 4.78 is 18.4. The van der Waals surface area contributed by atoms with Gasteiger partial charge in [0.1, 0.15) is 6.79 Å². The van der Waals surface area contributed by atoms with Gasteiger partial charge in [-0.15, -0.1) is 0 Å². The molecule has 1 saturated carbocycles. The van der Waals surface area contributed by atoms with Gasteiger partial charge in [0.25, 0.3) is 8.32 Å². The topological polar surface area (TPSA) is 47.9 Å². The van der Waals surface area contributed by atoms with Gasteiger partial charge in [0.2, 0.25) is 0 Å². The third kappa shape index (κ3) is 5.53. The summed E-state index contributed by atoms with van der Waals surface area (Å²) in [6.45, 7) is 17.9. The Balaban J connectivity index is 1.78. The fourth-order valence-corrected chi connectivity index (χ4v) is 12.7. The van der Waals surface area contributed by atoms with Crippen molar-refractivity contribution < 1.29 is 19.0 Å². The summed E-state index contributed by atoms with van der Waals surface area (Å²) in [4.78, 5) is 0. The van der Waals surface area contributed by atoms with Crippen LogP contribution in [0.15, 0.2) is 72.3 Å². The Bertz CT molecular complexity index is 1080. The van der Waals surface area contributed by atoms with E-state index in [4.69, 9.17) is 13.9 Å². The highest BCUT2D eigenvalue weighted by Crippen LogP contribution is 2.64. The fourth-order valence-electron chi connectivity index (χ4n) is 8.07. The van der Waals surface area contributed by atoms with Gasteiger partial charge in [-0.2, -0.15) is 0 Å². The van der Waals surface area contributed by atoms with Crippen molar-refractivity contribution in [3.05, 3.63) is 72.3 Å². The summed E-state index contributed by atoms with van der Waals surface area (Å²) in [5.41, 5.74) is 1.42. The molecule has 1 N–H and O–H groups in total. The number of ether oxygens (including phenoxy) is 2. The number of benzene rings is 2. The zero-order chi connectivity index (χ0) is 29.2. The minimum absolute atomic E-state index is 0.0319. The van der Waals surface area contributed by atoms with E-state index in [-0.39, 0.29) is 33.8 Å². The second kappa shape index (κ2) is 12.2. The molecule has 2 aromatic carbocycles. The molecule has 40 heavy (non-hydrogen) atoms. The Hall–Kier alpha value is -1.76. The smallest absolute Gasteiger partial charge is 0.261 e. The van der Waals surface area contributed by atoms with Gasteiger partial charge >= 0.3 is 0 Å². The van der Waals surface area contributed by atoms with Crippen LogP contribution in [-0.4, -0.2) is 46.6 Å². The van der Waals surface area contributed by atoms with Crippen molar-refractivity contribution in [2.75, 3.05) is 27.1 Å². The predicted molar refractivity (Wildman–Crippen MR) is 167 cm³/mol. The minimum Gasteiger partial charge on any atom is -0.407 e. The molecule has 0 radical (unpaired) electrons. The van der Waals surface area contributed by atoms with Crippen molar-refractivity contribution in [2.24, 2.45) is 28.6 Å². The van der Waals surface area contributed by atoms with Crippen LogP contribution < -0.4 is 10.4 Å². The molecule has 0 amide bonds. The summed E-state index contributed by atoms with van der Waals surface area (Å²) in [6.07, 6.45) is 5.05. The first kappa shape index (κ1) is 31.2. The summed E-state index contributed by atoms with van der Waals surface area (Å²) in [7, 11) is -1.04. The summed E-state index contributed by atoms with van der Waals surface area (Å²) >= 11 is 0. The SMILES string of the molecule is COCOCCC[C@@]12C=C(C)C(C)(C)[C@@H]1C[C@@H](O)[C@H](C)[C@@H]2CO[Si](c1ccccc1)(c1ccccc1)C(C)(C)C. The van der Waals surface area contributed by atoms with Gasteiger partial charge < -0.3 is 19.0 Å². The molecule has 2 aromatic rings. The summed E-state index contributed by atoms with van der Waals surface area (Å²) in [5, 5.41) is 14.0. The lowest BCUT2D eigenvalue weighted by atomic mass is 9.52. The molecule has 0 saturated heterocycles. The molecular formula is C35H52O4Si. The lowest BCUT2D eigenvalue weighted by Crippen LogP contribution is -2.67. The standard InChI is InChI=1S/C35H52O4Si/c1-26-23-35(20-15-21-38-25-37-8)30(27(2)31(36)22-32(35)34(26,6)7)24-39-40(33(3,4)5,28-16-11-9-12-17-28)29-18-13-10-14-19-29/h9-14,16-19,23,27,30-32,36H,15,20-22,24-25H2,1-8H3/t27-,30+,31-,32+,35+/m1/s1. The molecule has 0 aliphatic heterocycles. The number of methoxy groups -OCH3 is 1. The van der Waals surface area contributed by atoms with Crippen LogP contribution in [0.5, 0.6) is 0 Å². The van der Waals surface area contributed by atoms with Crippen LogP contribution in [0.25, 0.3) is 0 Å². The Kier molecular flexibility index (Phi) is 9.53. The van der Waals surface area contributed by atoms with Crippen molar-refractivity contribution in [1.29, 1.82) is 0 Å². The van der Waals surface area contributed by atoms with Crippen molar-refractivity contribution >= 4 is 18.7 Å². The molecule has 0 spiro atoms. The Labute approximate surface area is 244 Å². The molecule has 5 heteroatoms. The highest BCUT2D eigenvalue weighted by molar-refractivity contribution is 6.99. The zero-order valence-corrected chi connectivity index (χ0v) is 27.1. The third-order valence-corrected chi connectivity index (χ3v) is 15.4. The van der Waals surface area contributed by atoms with E-state index in [0.717, 1.165) is 19.3 Å². The van der Waals surface area contributed by atoms with Gasteiger partial charge in [-0.1, -0.05) is 114 Å². The Morgan fingerprint density at radius 3 is 2.08 bits per heavy atom. The van der Waals surface area contributed by atoms with E-state index in [9.17, 15) is 5.11 Å². The maximum absolute atomic E-state index is 11.5. The first-order chi connectivity index (χ1) is 18.9. The summed E-state index contributed by atoms with van der Waals surface area (Å²) in [5.74, 6) is 0.690. The molecule has 2 aliphatic carbocycles. The van der Waals surface area contributed by atoms with Crippen LogP contribution in [0.1, 0.15) is 67.7 Å². The molecule has 5 atom stereocenters. The Morgan fingerprint density at radius 2 is 1.55 bits per heavy atom. The third-order valence-electron chi connectivity index (χ3n) is 10.4. The molecule has 2 aliphatic rings. The van der Waals surface area contributed by atoms with E-state index in [1.807, 2.05) is 0 Å². The largest absolute Gasteiger partial charge is 0.407 e. The second-order valence-electron chi connectivity index (χ2n) is 13.9. The van der Waals surface area contributed by atoms with Gasteiger partial charge in [0.15, 0.2) is 0 Å². The van der Waals surface area contributed by atoms with Crippen LogP contribution in [-0.2, 0) is 13.9 Å². The number of hydrogen-bond donors (Lipinski definition) is 1. The molecule has 220 valence electrons. The molecule has 0 heterocycles. The van der Waals surface area contributed by atoms with Crippen LogP contribution in [0, 0.1) is 28.6 Å². The molecular weight excluding hydrogens is 512 g/mol. The van der Waals surface area contributed by atoms with Gasteiger partial charge in [-0.3, -0.25) is 0 Å². The van der Waals surface area contributed by atoms with Crippen molar-refractivity contribution in [3.63, 3.8) is 0 Å². The first-order valence-corrected chi connectivity index (χ1v) is 17.0. The number of allylic oxidation sites excluding steroid dienone is 2. The van der Waals surface area contributed by atoms with Crippen LogP contribution in [0.2, 0.25) is 5.04 Å². The molecule has 4 nitrogen and oxygen atoms in total. The maximum atomic E-state index is 11.5. The molecule has 0 unspecified atom stereocenters. The number of hydrogen-bond acceptors (Lipinski definition) is 4. The van der Waals surface area contributed by atoms with Gasteiger partial charge in [-0.25, -0.2) is 0 Å². The second-order valence-corrected chi connectivity index (χ2v) is 18.2. The molecule has 4 rings (SSSR count). The monoisotopic (exact) mass is 564 g/mol. The number of rotatable bonds is 11. The number of fused-ring (bicyclic) bond motifs is 1. The molecule has 0 aromatic heterocycles.